The number of halogens is 1. The van der Waals surface area contributed by atoms with Gasteiger partial charge in [-0.3, -0.25) is 0 Å². The molecular formula is C27H40BrNO4S. The summed E-state index contributed by atoms with van der Waals surface area (Å²) >= 11 is 3.47. The highest BCUT2D eigenvalue weighted by molar-refractivity contribution is 9.13. The summed E-state index contributed by atoms with van der Waals surface area (Å²) in [5.74, 6) is 2.00. The number of nitrogens with one attached hydrogen (secondary N) is 1. The summed E-state index contributed by atoms with van der Waals surface area (Å²) in [4.78, 5) is 0.631. The van der Waals surface area contributed by atoms with Gasteiger partial charge < -0.3 is 19.7 Å². The minimum Gasteiger partial charge on any atom is -0.623 e. The van der Waals surface area contributed by atoms with Crippen LogP contribution in [0, 0.1) is 17.0 Å². The average Bonchev–Trinajstić information content (AvgIpc) is 3.30. The van der Waals surface area contributed by atoms with E-state index < -0.39 is 10.8 Å². The Kier molecular flexibility index (Phi) is 10.3. The Labute approximate surface area is 216 Å². The van der Waals surface area contributed by atoms with Gasteiger partial charge in [0.1, 0.15) is 11.4 Å². The Bertz CT molecular complexity index is 959. The highest BCUT2D eigenvalue weighted by Crippen LogP contribution is 2.51. The van der Waals surface area contributed by atoms with Crippen LogP contribution in [0.4, 0.5) is 5.69 Å². The zero-order chi connectivity index (χ0) is 24.8. The fourth-order valence-corrected chi connectivity index (χ4v) is 6.46. The van der Waals surface area contributed by atoms with Gasteiger partial charge in [0.25, 0.3) is 0 Å². The molecule has 0 fully saturated rings. The Morgan fingerprint density at radius 2 is 1.50 bits per heavy atom. The standard InChI is InChI=1S/C27H40BrNO4S/c1-6-10-12-19(8-3)16-32-25-22-15-23(28)34(31)27(22)26(21-14-18(5)29(30)24(21)25)33-17-20(9-4)13-11-7-2/h14-15,19-20,29H,6-13,16-17H2,1-5H3. The first-order valence-corrected chi connectivity index (χ1v) is 14.8. The predicted octanol–water partition coefficient (Wildman–Crippen LogP) is 7.08. The molecule has 0 spiro atoms. The second-order valence-electron chi connectivity index (χ2n) is 9.52. The van der Waals surface area contributed by atoms with Crippen LogP contribution >= 0.6 is 15.9 Å². The second-order valence-corrected chi connectivity index (χ2v) is 12.3. The molecule has 4 unspecified atom stereocenters. The van der Waals surface area contributed by atoms with Crippen LogP contribution in [0.1, 0.15) is 97.1 Å². The maximum Gasteiger partial charge on any atom is 0.190 e. The SMILES string of the molecule is CCCCC(CC)COc1c2c(c(OCC(CC)CCCC)c3c1[NH+]([O-])C(C)=C3)S(=O)C(Br)=C2. The summed E-state index contributed by atoms with van der Waals surface area (Å²) < 4.78 is 26.7. The summed E-state index contributed by atoms with van der Waals surface area (Å²) in [5, 5.41) is 13.2. The van der Waals surface area contributed by atoms with E-state index in [1.165, 1.54) is 0 Å². The molecule has 0 aromatic heterocycles. The maximum absolute atomic E-state index is 13.3. The number of ether oxygens (including phenoxy) is 2. The number of unbranched alkanes of at least 4 members (excludes halogenated alkanes) is 2. The highest BCUT2D eigenvalue weighted by Gasteiger charge is 2.38. The maximum atomic E-state index is 13.3. The zero-order valence-corrected chi connectivity index (χ0v) is 23.7. The van der Waals surface area contributed by atoms with Crippen LogP contribution in [-0.2, 0) is 10.8 Å². The fraction of sp³-hybridized carbons (Fsp3) is 0.630. The van der Waals surface area contributed by atoms with Crippen LogP contribution in [0.25, 0.3) is 12.2 Å². The molecule has 34 heavy (non-hydrogen) atoms. The van der Waals surface area contributed by atoms with Crippen LogP contribution in [0.15, 0.2) is 14.4 Å². The third kappa shape index (κ3) is 5.80. The predicted molar refractivity (Wildman–Crippen MR) is 145 cm³/mol. The molecule has 0 saturated heterocycles. The molecule has 0 amide bonds. The van der Waals surface area contributed by atoms with E-state index in [9.17, 15) is 9.42 Å². The van der Waals surface area contributed by atoms with Crippen LogP contribution in [-0.4, -0.2) is 17.4 Å². The van der Waals surface area contributed by atoms with E-state index in [2.05, 4.69) is 43.6 Å². The van der Waals surface area contributed by atoms with Crippen molar-refractivity contribution in [3.8, 4) is 11.5 Å². The number of benzene rings is 1. The van der Waals surface area contributed by atoms with Gasteiger partial charge in [-0.15, -0.1) is 0 Å². The van der Waals surface area contributed by atoms with Crippen molar-refractivity contribution >= 4 is 44.6 Å². The van der Waals surface area contributed by atoms with Crippen molar-refractivity contribution in [2.24, 2.45) is 11.8 Å². The van der Waals surface area contributed by atoms with Crippen molar-refractivity contribution in [2.45, 2.75) is 90.9 Å². The molecule has 2 heterocycles. The molecule has 7 heteroatoms. The third-order valence-electron chi connectivity index (χ3n) is 7.02. The molecule has 5 nitrogen and oxygen atoms in total. The first-order valence-electron chi connectivity index (χ1n) is 12.9. The van der Waals surface area contributed by atoms with Crippen molar-refractivity contribution in [2.75, 3.05) is 13.2 Å². The van der Waals surface area contributed by atoms with E-state index in [-0.39, 0.29) is 5.06 Å². The molecule has 1 N–H and O–H groups in total. The lowest BCUT2D eigenvalue weighted by atomic mass is 10.00. The molecule has 2 aliphatic heterocycles. The third-order valence-corrected chi connectivity index (χ3v) is 9.38. The van der Waals surface area contributed by atoms with Crippen molar-refractivity contribution in [1.82, 2.24) is 0 Å². The summed E-state index contributed by atoms with van der Waals surface area (Å²) in [6.45, 7) is 11.7. The summed E-state index contributed by atoms with van der Waals surface area (Å²) in [6.07, 6.45) is 12.6. The number of hydrogen-bond acceptors (Lipinski definition) is 4. The number of hydroxylamine groups is 1. The normalized spacial score (nSPS) is 20.4. The van der Waals surface area contributed by atoms with E-state index in [4.69, 9.17) is 9.47 Å². The Morgan fingerprint density at radius 3 is 2.03 bits per heavy atom. The van der Waals surface area contributed by atoms with E-state index in [1.807, 2.05) is 19.1 Å². The monoisotopic (exact) mass is 553 g/mol. The zero-order valence-electron chi connectivity index (χ0n) is 21.3. The molecule has 4 atom stereocenters. The Morgan fingerprint density at radius 1 is 0.941 bits per heavy atom. The van der Waals surface area contributed by atoms with E-state index in [0.29, 0.717) is 56.6 Å². The molecule has 190 valence electrons. The topological polar surface area (TPSA) is 63.0 Å². The number of quaternary nitrogens is 1. The first kappa shape index (κ1) is 27.4. The van der Waals surface area contributed by atoms with Gasteiger partial charge in [-0.05, 0) is 46.7 Å². The molecular weight excluding hydrogens is 514 g/mol. The van der Waals surface area contributed by atoms with Crippen molar-refractivity contribution in [3.05, 3.63) is 25.8 Å². The Balaban J connectivity index is 2.01. The van der Waals surface area contributed by atoms with Crippen molar-refractivity contribution < 1.29 is 18.7 Å². The van der Waals surface area contributed by atoms with Gasteiger partial charge in [0.15, 0.2) is 11.4 Å². The van der Waals surface area contributed by atoms with Gasteiger partial charge in [0.2, 0.25) is 0 Å². The molecule has 3 rings (SSSR count). The molecule has 1 aromatic rings. The lowest BCUT2D eigenvalue weighted by Crippen LogP contribution is -2.98. The summed E-state index contributed by atoms with van der Waals surface area (Å²) in [6, 6.07) is 0. The van der Waals surface area contributed by atoms with Gasteiger partial charge in [-0.2, -0.15) is 0 Å². The van der Waals surface area contributed by atoms with Crippen LogP contribution in [0.2, 0.25) is 0 Å². The molecule has 0 radical (unpaired) electrons. The fourth-order valence-electron chi connectivity index (χ4n) is 4.63. The molecule has 0 aliphatic carbocycles. The van der Waals surface area contributed by atoms with Crippen LogP contribution < -0.4 is 14.5 Å². The van der Waals surface area contributed by atoms with Crippen LogP contribution in [0.3, 0.4) is 0 Å². The number of hydrogen-bond donors (Lipinski definition) is 1. The molecule has 2 aliphatic rings. The van der Waals surface area contributed by atoms with Gasteiger partial charge in [-0.1, -0.05) is 66.2 Å². The van der Waals surface area contributed by atoms with Crippen LogP contribution in [0.5, 0.6) is 11.5 Å². The van der Waals surface area contributed by atoms with Gasteiger partial charge in [0, 0.05) is 18.6 Å². The number of allylic oxidation sites excluding steroid dienone is 1. The van der Waals surface area contributed by atoms with Crippen molar-refractivity contribution in [3.63, 3.8) is 0 Å². The second kappa shape index (κ2) is 12.7. The minimum absolute atomic E-state index is 0.0283. The van der Waals surface area contributed by atoms with E-state index >= 15 is 0 Å². The quantitative estimate of drug-likeness (QED) is 0.250. The number of fused-ring (bicyclic) bond motifs is 2. The first-order chi connectivity index (χ1) is 16.4. The molecule has 0 saturated carbocycles. The Hall–Kier alpha value is -1.15. The molecule has 0 bridgehead atoms. The summed E-state index contributed by atoms with van der Waals surface area (Å²) in [7, 11) is -1.39. The largest absolute Gasteiger partial charge is 0.623 e. The average molecular weight is 555 g/mol. The highest BCUT2D eigenvalue weighted by atomic mass is 79.9. The van der Waals surface area contributed by atoms with Gasteiger partial charge >= 0.3 is 0 Å². The van der Waals surface area contributed by atoms with Crippen molar-refractivity contribution in [1.29, 1.82) is 0 Å². The van der Waals surface area contributed by atoms with E-state index in [0.717, 1.165) is 62.5 Å². The lowest BCUT2D eigenvalue weighted by molar-refractivity contribution is -0.727. The summed E-state index contributed by atoms with van der Waals surface area (Å²) in [5.41, 5.74) is 2.68. The van der Waals surface area contributed by atoms with Gasteiger partial charge in [0.05, 0.1) is 38.3 Å². The van der Waals surface area contributed by atoms with Gasteiger partial charge in [-0.25, -0.2) is 4.21 Å². The number of rotatable bonds is 14. The lowest BCUT2D eigenvalue weighted by Gasteiger charge is -2.25. The smallest absolute Gasteiger partial charge is 0.190 e. The minimum atomic E-state index is -1.39. The van der Waals surface area contributed by atoms with E-state index in [1.54, 1.807) is 0 Å². The molecule has 1 aromatic carbocycles.